The van der Waals surface area contributed by atoms with Gasteiger partial charge in [0, 0.05) is 5.33 Å². The summed E-state index contributed by atoms with van der Waals surface area (Å²) in [6.45, 7) is 0. The predicted octanol–water partition coefficient (Wildman–Crippen LogP) is 4.53. The molecule has 3 nitrogen and oxygen atoms in total. The molecule has 0 aliphatic carbocycles. The first-order chi connectivity index (χ1) is 8.48. The molecule has 0 aromatic heterocycles. The molecular formula is C9H4BrF6NO2. The second kappa shape index (κ2) is 4.99. The van der Waals surface area contributed by atoms with E-state index in [2.05, 4.69) is 15.9 Å². The molecule has 0 aliphatic heterocycles. The minimum atomic E-state index is -5.25. The Balaban J connectivity index is 3.76. The summed E-state index contributed by atoms with van der Waals surface area (Å²) >= 11 is 2.72. The highest BCUT2D eigenvalue weighted by molar-refractivity contribution is 9.08. The van der Waals surface area contributed by atoms with Crippen molar-refractivity contribution in [2.75, 3.05) is 0 Å². The van der Waals surface area contributed by atoms with Crippen molar-refractivity contribution in [3.8, 4) is 0 Å². The first-order valence-electron chi connectivity index (χ1n) is 4.50. The van der Waals surface area contributed by atoms with Crippen LogP contribution in [0.4, 0.5) is 32.0 Å². The summed E-state index contributed by atoms with van der Waals surface area (Å²) in [5.41, 5.74) is -6.17. The molecule has 0 unspecified atom stereocenters. The number of rotatable bonds is 2. The van der Waals surface area contributed by atoms with Crippen LogP contribution in [0, 0.1) is 10.1 Å². The van der Waals surface area contributed by atoms with Crippen molar-refractivity contribution in [2.24, 2.45) is 0 Å². The summed E-state index contributed by atoms with van der Waals surface area (Å²) in [6, 6.07) is 0.643. The highest BCUT2D eigenvalue weighted by Crippen LogP contribution is 2.44. The molecule has 0 aliphatic rings. The van der Waals surface area contributed by atoms with Crippen molar-refractivity contribution < 1.29 is 31.3 Å². The Morgan fingerprint density at radius 3 is 1.63 bits per heavy atom. The fourth-order valence-electron chi connectivity index (χ4n) is 1.40. The van der Waals surface area contributed by atoms with Gasteiger partial charge in [-0.1, -0.05) is 15.9 Å². The molecule has 0 fully saturated rings. The molecule has 10 heteroatoms. The topological polar surface area (TPSA) is 43.1 Å². The third-order valence-corrected chi connectivity index (χ3v) is 2.76. The molecule has 1 rings (SSSR count). The Morgan fingerprint density at radius 1 is 1.05 bits per heavy atom. The standard InChI is InChI=1S/C9H4BrF6NO2/c10-3-4-1-5(8(11,12)13)7(17(18)19)6(2-4)9(14,15)16/h1-2H,3H2. The lowest BCUT2D eigenvalue weighted by Crippen LogP contribution is -2.16. The fraction of sp³-hybridized carbons (Fsp3) is 0.333. The molecule has 0 radical (unpaired) electrons. The largest absolute Gasteiger partial charge is 0.423 e. The lowest BCUT2D eigenvalue weighted by atomic mass is 10.0. The van der Waals surface area contributed by atoms with E-state index in [1.54, 1.807) is 0 Å². The summed E-state index contributed by atoms with van der Waals surface area (Å²) in [7, 11) is 0. The van der Waals surface area contributed by atoms with Crippen molar-refractivity contribution in [1.29, 1.82) is 0 Å². The minimum absolute atomic E-state index is 0.294. The van der Waals surface area contributed by atoms with Gasteiger partial charge >= 0.3 is 12.4 Å². The van der Waals surface area contributed by atoms with E-state index in [4.69, 9.17) is 0 Å². The maximum atomic E-state index is 12.6. The molecule has 0 atom stereocenters. The number of nitrogens with zero attached hydrogens (tertiary/aromatic N) is 1. The van der Waals surface area contributed by atoms with Crippen LogP contribution in [0.25, 0.3) is 0 Å². The SMILES string of the molecule is O=[N+]([O-])c1c(C(F)(F)F)cc(CBr)cc1C(F)(F)F. The van der Waals surface area contributed by atoms with Gasteiger partial charge in [-0.3, -0.25) is 10.1 Å². The van der Waals surface area contributed by atoms with Gasteiger partial charge in [0.05, 0.1) is 4.92 Å². The Labute approximate surface area is 110 Å². The Kier molecular flexibility index (Phi) is 4.13. The summed E-state index contributed by atoms with van der Waals surface area (Å²) in [4.78, 5) is 8.85. The molecule has 19 heavy (non-hydrogen) atoms. The van der Waals surface area contributed by atoms with Crippen LogP contribution in [0.3, 0.4) is 0 Å². The highest BCUT2D eigenvalue weighted by atomic mass is 79.9. The zero-order chi connectivity index (χ0) is 15.0. The molecule has 0 bridgehead atoms. The fourth-order valence-corrected chi connectivity index (χ4v) is 1.72. The van der Waals surface area contributed by atoms with Crippen LogP contribution in [0.2, 0.25) is 0 Å². The molecule has 1 aromatic carbocycles. The average molecular weight is 352 g/mol. The first-order valence-corrected chi connectivity index (χ1v) is 5.62. The number of nitro benzene ring substituents is 1. The monoisotopic (exact) mass is 351 g/mol. The molecule has 0 spiro atoms. The van der Waals surface area contributed by atoms with E-state index in [1.165, 1.54) is 0 Å². The van der Waals surface area contributed by atoms with Gasteiger partial charge < -0.3 is 0 Å². The van der Waals surface area contributed by atoms with Crippen LogP contribution in [-0.2, 0) is 17.7 Å². The van der Waals surface area contributed by atoms with Gasteiger partial charge in [-0.05, 0) is 17.7 Å². The number of alkyl halides is 7. The maximum absolute atomic E-state index is 12.6. The van der Waals surface area contributed by atoms with Crippen LogP contribution in [0.15, 0.2) is 12.1 Å². The highest BCUT2D eigenvalue weighted by Gasteiger charge is 2.46. The molecule has 0 saturated carbocycles. The molecule has 1 aromatic rings. The van der Waals surface area contributed by atoms with Crippen LogP contribution in [0.1, 0.15) is 16.7 Å². The number of hydrogen-bond donors (Lipinski definition) is 0. The van der Waals surface area contributed by atoms with Gasteiger partial charge in [-0.2, -0.15) is 26.3 Å². The molecule has 106 valence electrons. The molecule has 0 amide bonds. The van der Waals surface area contributed by atoms with Crippen LogP contribution in [-0.4, -0.2) is 4.92 Å². The summed E-state index contributed by atoms with van der Waals surface area (Å²) in [6.07, 6.45) is -10.5. The van der Waals surface area contributed by atoms with Crippen molar-refractivity contribution >= 4 is 21.6 Å². The van der Waals surface area contributed by atoms with Gasteiger partial charge in [0.2, 0.25) is 0 Å². The number of halogens is 7. The van der Waals surface area contributed by atoms with E-state index in [0.717, 1.165) is 0 Å². The average Bonchev–Trinajstić information content (AvgIpc) is 2.24. The number of nitro groups is 1. The summed E-state index contributed by atoms with van der Waals surface area (Å²) in [5, 5.41) is 10.2. The third-order valence-electron chi connectivity index (χ3n) is 2.12. The Hall–Kier alpha value is -1.32. The zero-order valence-corrected chi connectivity index (χ0v) is 10.4. The normalized spacial score (nSPS) is 12.6. The smallest absolute Gasteiger partial charge is 0.258 e. The summed E-state index contributed by atoms with van der Waals surface area (Å²) in [5.74, 6) is 0. The van der Waals surface area contributed by atoms with E-state index in [1.807, 2.05) is 0 Å². The summed E-state index contributed by atoms with van der Waals surface area (Å²) < 4.78 is 75.6. The van der Waals surface area contributed by atoms with Gasteiger partial charge in [0.25, 0.3) is 5.69 Å². The number of benzene rings is 1. The maximum Gasteiger partial charge on any atom is 0.423 e. The van der Waals surface area contributed by atoms with E-state index in [9.17, 15) is 36.5 Å². The quantitative estimate of drug-likeness (QED) is 0.340. The minimum Gasteiger partial charge on any atom is -0.258 e. The van der Waals surface area contributed by atoms with Crippen LogP contribution < -0.4 is 0 Å². The third kappa shape index (κ3) is 3.37. The first kappa shape index (κ1) is 15.7. The van der Waals surface area contributed by atoms with Crippen molar-refractivity contribution in [1.82, 2.24) is 0 Å². The Bertz CT molecular complexity index is 475. The van der Waals surface area contributed by atoms with E-state index in [-0.39, 0.29) is 10.9 Å². The predicted molar refractivity (Wildman–Crippen MR) is 55.7 cm³/mol. The van der Waals surface area contributed by atoms with E-state index >= 15 is 0 Å². The van der Waals surface area contributed by atoms with Crippen LogP contribution >= 0.6 is 15.9 Å². The zero-order valence-electron chi connectivity index (χ0n) is 8.77. The second-order valence-corrected chi connectivity index (χ2v) is 3.99. The van der Waals surface area contributed by atoms with E-state index in [0.29, 0.717) is 12.1 Å². The molecular weight excluding hydrogens is 348 g/mol. The molecule has 0 N–H and O–H groups in total. The van der Waals surface area contributed by atoms with Gasteiger partial charge in [-0.25, -0.2) is 0 Å². The van der Waals surface area contributed by atoms with Crippen LogP contribution in [0.5, 0.6) is 0 Å². The lowest BCUT2D eigenvalue weighted by Gasteiger charge is -2.14. The molecule has 0 heterocycles. The van der Waals surface area contributed by atoms with Crippen molar-refractivity contribution in [2.45, 2.75) is 17.7 Å². The second-order valence-electron chi connectivity index (χ2n) is 3.43. The van der Waals surface area contributed by atoms with E-state index < -0.39 is 34.1 Å². The Morgan fingerprint density at radius 2 is 1.42 bits per heavy atom. The van der Waals surface area contributed by atoms with Gasteiger partial charge in [0.15, 0.2) is 0 Å². The lowest BCUT2D eigenvalue weighted by molar-refractivity contribution is -0.391. The van der Waals surface area contributed by atoms with Crippen molar-refractivity contribution in [3.05, 3.63) is 38.9 Å². The van der Waals surface area contributed by atoms with Crippen molar-refractivity contribution in [3.63, 3.8) is 0 Å². The molecule has 0 saturated heterocycles. The van der Waals surface area contributed by atoms with Gasteiger partial charge in [-0.15, -0.1) is 0 Å². The number of hydrogen-bond acceptors (Lipinski definition) is 2. The van der Waals surface area contributed by atoms with Gasteiger partial charge in [0.1, 0.15) is 11.1 Å².